The molecule has 0 N–H and O–H groups in total. The molecule has 0 aliphatic rings. The van der Waals surface area contributed by atoms with Gasteiger partial charge in [-0.05, 0) is 42.4 Å². The van der Waals surface area contributed by atoms with E-state index in [1.54, 1.807) is 18.3 Å². The highest BCUT2D eigenvalue weighted by atomic mass is 32.2. The average molecular weight is 377 g/mol. The molecule has 0 radical (unpaired) electrons. The second kappa shape index (κ2) is 7.61. The van der Waals surface area contributed by atoms with Gasteiger partial charge in [0.15, 0.2) is 0 Å². The van der Waals surface area contributed by atoms with Gasteiger partial charge in [0.2, 0.25) is 0 Å². The molecule has 6 nitrogen and oxygen atoms in total. The summed E-state index contributed by atoms with van der Waals surface area (Å²) in [5.74, 6) is -3.52. The summed E-state index contributed by atoms with van der Waals surface area (Å²) in [7, 11) is 0. The van der Waals surface area contributed by atoms with Gasteiger partial charge in [0, 0.05) is 18.5 Å². The van der Waals surface area contributed by atoms with Gasteiger partial charge in [-0.2, -0.15) is 8.78 Å². The first-order valence-corrected chi connectivity index (χ1v) is 8.38. The van der Waals surface area contributed by atoms with Crippen molar-refractivity contribution in [3.63, 3.8) is 0 Å². The number of ether oxygens (including phenoxy) is 1. The topological polar surface area (TPSA) is 73.6 Å². The Morgan fingerprint density at radius 2 is 2.15 bits per heavy atom. The minimum atomic E-state index is -2.71. The van der Waals surface area contributed by atoms with Crippen LogP contribution in [0.25, 0.3) is 5.65 Å². The third-order valence-corrected chi connectivity index (χ3v) is 4.13. The van der Waals surface area contributed by atoms with Gasteiger partial charge >= 0.3 is 5.97 Å². The molecule has 0 aliphatic heterocycles. The van der Waals surface area contributed by atoms with Crippen molar-refractivity contribution in [2.24, 2.45) is 0 Å². The largest absolute Gasteiger partial charge is 0.456 e. The lowest BCUT2D eigenvalue weighted by Crippen LogP contribution is -2.17. The van der Waals surface area contributed by atoms with Crippen LogP contribution in [0, 0.1) is 6.92 Å². The Kier molecular flexibility index (Phi) is 5.27. The predicted molar refractivity (Wildman–Crippen MR) is 91.4 cm³/mol. The van der Waals surface area contributed by atoms with Crippen molar-refractivity contribution in [3.05, 3.63) is 69.9 Å². The van der Waals surface area contributed by atoms with Gasteiger partial charge in [-0.25, -0.2) is 14.8 Å². The zero-order chi connectivity index (χ0) is 18.7. The van der Waals surface area contributed by atoms with Crippen LogP contribution < -0.4 is 5.56 Å². The molecule has 9 heteroatoms. The number of thioether (sulfide) groups is 1. The van der Waals surface area contributed by atoms with Crippen molar-refractivity contribution >= 4 is 23.4 Å². The van der Waals surface area contributed by atoms with Crippen molar-refractivity contribution in [1.82, 2.24) is 14.4 Å². The molecule has 0 bridgehead atoms. The molecular formula is C17H13F2N3O3S. The molecule has 3 heterocycles. The summed E-state index contributed by atoms with van der Waals surface area (Å²) in [5, 5.41) is -0.116. The minimum Gasteiger partial charge on any atom is -0.456 e. The van der Waals surface area contributed by atoms with E-state index in [0.717, 1.165) is 5.56 Å². The lowest BCUT2D eigenvalue weighted by atomic mass is 10.3. The minimum absolute atomic E-state index is 0.0639. The van der Waals surface area contributed by atoms with E-state index in [9.17, 15) is 18.4 Å². The molecule has 0 unspecified atom stereocenters. The fourth-order valence-electron chi connectivity index (χ4n) is 2.27. The number of nitrogens with zero attached hydrogens (tertiary/aromatic N) is 3. The van der Waals surface area contributed by atoms with Gasteiger partial charge in [-0.15, -0.1) is 0 Å². The van der Waals surface area contributed by atoms with Crippen LogP contribution in [-0.2, 0) is 11.3 Å². The maximum absolute atomic E-state index is 12.6. The lowest BCUT2D eigenvalue weighted by molar-refractivity contribution is 0.0462. The van der Waals surface area contributed by atoms with E-state index >= 15 is 0 Å². The number of esters is 1. The number of hydrogen-bond acceptors (Lipinski definition) is 6. The van der Waals surface area contributed by atoms with Crippen molar-refractivity contribution in [1.29, 1.82) is 0 Å². The number of hydrogen-bond donors (Lipinski definition) is 0. The molecule has 0 saturated carbocycles. The molecular weight excluding hydrogens is 364 g/mol. The van der Waals surface area contributed by atoms with Crippen LogP contribution in [0.2, 0.25) is 0 Å². The zero-order valence-electron chi connectivity index (χ0n) is 13.6. The number of aromatic nitrogens is 3. The summed E-state index contributed by atoms with van der Waals surface area (Å²) in [4.78, 5) is 32.3. The molecule has 0 aliphatic carbocycles. The molecule has 3 aromatic rings. The van der Waals surface area contributed by atoms with Crippen molar-refractivity contribution in [2.75, 3.05) is 0 Å². The second-order valence-electron chi connectivity index (χ2n) is 5.33. The SMILES string of the molecule is Cc1ccc2nc(COC(=O)c3cccnc3SC(F)F)cc(=O)n2c1. The third kappa shape index (κ3) is 4.05. The zero-order valence-corrected chi connectivity index (χ0v) is 14.4. The van der Waals surface area contributed by atoms with Crippen molar-refractivity contribution in [2.45, 2.75) is 24.3 Å². The Hall–Kier alpha value is -2.81. The maximum Gasteiger partial charge on any atom is 0.341 e. The maximum atomic E-state index is 12.6. The standard InChI is InChI=1S/C17H13F2N3O3S/c1-10-4-5-13-21-11(7-14(23)22(13)8-10)9-25-16(24)12-3-2-6-20-15(12)26-17(18)19/h2-8,17H,9H2,1H3. The van der Waals surface area contributed by atoms with Gasteiger partial charge in [-0.1, -0.05) is 6.07 Å². The van der Waals surface area contributed by atoms with E-state index < -0.39 is 11.7 Å². The number of alkyl halides is 2. The highest BCUT2D eigenvalue weighted by Crippen LogP contribution is 2.26. The Bertz CT molecular complexity index is 1020. The highest BCUT2D eigenvalue weighted by Gasteiger charge is 2.18. The van der Waals surface area contributed by atoms with E-state index in [2.05, 4.69) is 9.97 Å². The molecule has 134 valence electrons. The van der Waals surface area contributed by atoms with Crippen LogP contribution in [0.15, 0.2) is 52.5 Å². The first-order chi connectivity index (χ1) is 12.4. The molecule has 3 aromatic heterocycles. The van der Waals surface area contributed by atoms with E-state index in [-0.39, 0.29) is 40.2 Å². The molecule has 0 atom stereocenters. The molecule has 0 fully saturated rings. The number of fused-ring (bicyclic) bond motifs is 1. The summed E-state index contributed by atoms with van der Waals surface area (Å²) in [5.41, 5.74) is 1.22. The quantitative estimate of drug-likeness (QED) is 0.503. The van der Waals surface area contributed by atoms with E-state index in [1.165, 1.54) is 28.8 Å². The van der Waals surface area contributed by atoms with Gasteiger partial charge in [0.25, 0.3) is 11.3 Å². The van der Waals surface area contributed by atoms with Gasteiger partial charge in [0.1, 0.15) is 17.3 Å². The number of aryl methyl sites for hydroxylation is 1. The molecule has 26 heavy (non-hydrogen) atoms. The fourth-order valence-corrected chi connectivity index (χ4v) is 2.84. The first kappa shape index (κ1) is 18.0. The van der Waals surface area contributed by atoms with Crippen LogP contribution in [0.3, 0.4) is 0 Å². The molecule has 3 rings (SSSR count). The summed E-state index contributed by atoms with van der Waals surface area (Å²) < 4.78 is 31.6. The summed E-state index contributed by atoms with van der Waals surface area (Å²) in [6.45, 7) is 1.59. The number of halogens is 2. The smallest absolute Gasteiger partial charge is 0.341 e. The van der Waals surface area contributed by atoms with E-state index in [1.807, 2.05) is 6.92 Å². The van der Waals surface area contributed by atoms with Crippen LogP contribution in [0.4, 0.5) is 8.78 Å². The van der Waals surface area contributed by atoms with E-state index in [4.69, 9.17) is 4.74 Å². The van der Waals surface area contributed by atoms with Crippen LogP contribution in [0.5, 0.6) is 0 Å². The molecule has 0 aromatic carbocycles. The normalized spacial score (nSPS) is 11.1. The number of carbonyl (C=O) groups is 1. The van der Waals surface area contributed by atoms with Gasteiger partial charge in [-0.3, -0.25) is 9.20 Å². The summed E-state index contributed by atoms with van der Waals surface area (Å²) >= 11 is 0.166. The Balaban J connectivity index is 1.79. The fraction of sp³-hybridized carbons (Fsp3) is 0.176. The third-order valence-electron chi connectivity index (χ3n) is 3.40. The summed E-state index contributed by atoms with van der Waals surface area (Å²) in [6.07, 6.45) is 2.97. The monoisotopic (exact) mass is 377 g/mol. The lowest BCUT2D eigenvalue weighted by Gasteiger charge is -2.08. The van der Waals surface area contributed by atoms with E-state index in [0.29, 0.717) is 5.65 Å². The molecule has 0 spiro atoms. The second-order valence-corrected chi connectivity index (χ2v) is 6.31. The average Bonchev–Trinajstić information content (AvgIpc) is 2.60. The van der Waals surface area contributed by atoms with Gasteiger partial charge in [0.05, 0.1) is 11.3 Å². The van der Waals surface area contributed by atoms with Crippen molar-refractivity contribution < 1.29 is 18.3 Å². The number of carbonyl (C=O) groups excluding carboxylic acids is 1. The van der Waals surface area contributed by atoms with Crippen LogP contribution >= 0.6 is 11.8 Å². The van der Waals surface area contributed by atoms with Crippen LogP contribution in [0.1, 0.15) is 21.6 Å². The molecule has 0 amide bonds. The van der Waals surface area contributed by atoms with Crippen LogP contribution in [-0.4, -0.2) is 26.1 Å². The predicted octanol–water partition coefficient (Wildman–Crippen LogP) is 3.07. The number of rotatable bonds is 5. The van der Waals surface area contributed by atoms with Crippen molar-refractivity contribution in [3.8, 4) is 0 Å². The summed E-state index contributed by atoms with van der Waals surface area (Å²) in [6, 6.07) is 7.56. The highest BCUT2D eigenvalue weighted by molar-refractivity contribution is 7.99. The molecule has 0 saturated heterocycles. The number of pyridine rings is 2. The Morgan fingerprint density at radius 3 is 2.92 bits per heavy atom. The Morgan fingerprint density at radius 1 is 1.35 bits per heavy atom. The van der Waals surface area contributed by atoms with Gasteiger partial charge < -0.3 is 4.74 Å². The first-order valence-electron chi connectivity index (χ1n) is 7.50. The Labute approximate surface area is 150 Å².